The minimum Gasteiger partial charge on any atom is -0.370 e. The maximum atomic E-state index is 10.6. The smallest absolute Gasteiger partial charge is 0.185 e. The highest BCUT2D eigenvalue weighted by molar-refractivity contribution is 5.75. The molecule has 0 spiro atoms. The lowest BCUT2D eigenvalue weighted by Crippen LogP contribution is -2.30. The molecule has 0 aromatic heterocycles. The molecular weight excluding hydrogens is 166 g/mol. The maximum Gasteiger partial charge on any atom is 0.185 e. The number of rotatable bonds is 7. The van der Waals surface area contributed by atoms with Crippen LogP contribution < -0.4 is 11.1 Å². The largest absolute Gasteiger partial charge is 0.370 e. The van der Waals surface area contributed by atoms with Crippen molar-refractivity contribution >= 4 is 11.7 Å². The van der Waals surface area contributed by atoms with Crippen LogP contribution >= 0.6 is 0 Å². The number of Topliss-reactive ketones (excluding diaryl/α,β-unsaturated/α-hetero) is 1. The van der Waals surface area contributed by atoms with E-state index >= 15 is 0 Å². The van der Waals surface area contributed by atoms with Gasteiger partial charge in [0.25, 0.3) is 0 Å². The van der Waals surface area contributed by atoms with Crippen molar-refractivity contribution in [1.29, 1.82) is 5.41 Å². The summed E-state index contributed by atoms with van der Waals surface area (Å²) in [6.07, 6.45) is 4.86. The van der Waals surface area contributed by atoms with Crippen LogP contribution in [0.3, 0.4) is 0 Å². The molecule has 0 atom stereocenters. The molecule has 4 nitrogen and oxygen atoms in total. The first-order valence-corrected chi connectivity index (χ1v) is 4.70. The van der Waals surface area contributed by atoms with Crippen molar-refractivity contribution in [2.75, 3.05) is 6.54 Å². The highest BCUT2D eigenvalue weighted by atomic mass is 16.1. The second-order valence-electron chi connectivity index (χ2n) is 3.21. The van der Waals surface area contributed by atoms with Crippen molar-refractivity contribution < 1.29 is 4.79 Å². The Morgan fingerprint density at radius 3 is 2.46 bits per heavy atom. The lowest BCUT2D eigenvalue weighted by Gasteiger charge is -2.02. The van der Waals surface area contributed by atoms with Crippen molar-refractivity contribution in [2.45, 2.75) is 39.0 Å². The lowest BCUT2D eigenvalue weighted by atomic mass is 10.1. The van der Waals surface area contributed by atoms with E-state index in [0.717, 1.165) is 32.2 Å². The molecule has 0 fully saturated rings. The molecular formula is C9H19N3O. The molecule has 0 aliphatic carbocycles. The second-order valence-corrected chi connectivity index (χ2v) is 3.21. The van der Waals surface area contributed by atoms with Crippen molar-refractivity contribution in [3.05, 3.63) is 0 Å². The molecule has 0 heterocycles. The third-order valence-corrected chi connectivity index (χ3v) is 1.77. The summed E-state index contributed by atoms with van der Waals surface area (Å²) in [4.78, 5) is 10.6. The molecule has 4 heteroatoms. The molecule has 0 amide bonds. The Labute approximate surface area is 79.4 Å². The minimum absolute atomic E-state index is 0.0312. The fraction of sp³-hybridized carbons (Fsp3) is 0.778. The Morgan fingerprint density at radius 1 is 1.31 bits per heavy atom. The average molecular weight is 185 g/mol. The van der Waals surface area contributed by atoms with Gasteiger partial charge >= 0.3 is 0 Å². The molecule has 0 rings (SSSR count). The molecule has 0 saturated heterocycles. The number of hydrogen-bond acceptors (Lipinski definition) is 2. The van der Waals surface area contributed by atoms with Gasteiger partial charge in [0, 0.05) is 13.0 Å². The second kappa shape index (κ2) is 7.58. The SMILES string of the molecule is CC(=O)CCCCCCNC(=N)N. The number of ketones is 1. The normalized spacial score (nSPS) is 9.62. The van der Waals surface area contributed by atoms with Crippen LogP contribution in [0.25, 0.3) is 0 Å². The molecule has 0 unspecified atom stereocenters. The quantitative estimate of drug-likeness (QED) is 0.314. The summed E-state index contributed by atoms with van der Waals surface area (Å²) in [6.45, 7) is 2.38. The highest BCUT2D eigenvalue weighted by Crippen LogP contribution is 2.02. The third-order valence-electron chi connectivity index (χ3n) is 1.77. The first-order valence-electron chi connectivity index (χ1n) is 4.70. The molecule has 0 radical (unpaired) electrons. The lowest BCUT2D eigenvalue weighted by molar-refractivity contribution is -0.117. The van der Waals surface area contributed by atoms with Gasteiger partial charge in [0.2, 0.25) is 0 Å². The van der Waals surface area contributed by atoms with Gasteiger partial charge in [-0.1, -0.05) is 12.8 Å². The van der Waals surface area contributed by atoms with Gasteiger partial charge in [-0.05, 0) is 19.8 Å². The van der Waals surface area contributed by atoms with E-state index in [-0.39, 0.29) is 11.7 Å². The monoisotopic (exact) mass is 185 g/mol. The number of guanidine groups is 1. The molecule has 0 aromatic carbocycles. The molecule has 0 aromatic rings. The van der Waals surface area contributed by atoms with Crippen LogP contribution in [0.15, 0.2) is 0 Å². The predicted octanol–water partition coefficient (Wildman–Crippen LogP) is 1.01. The van der Waals surface area contributed by atoms with Gasteiger partial charge in [-0.3, -0.25) is 5.41 Å². The predicted molar refractivity (Wildman–Crippen MR) is 53.7 cm³/mol. The Bertz CT molecular complexity index is 150. The summed E-state index contributed by atoms with van der Waals surface area (Å²) in [5.41, 5.74) is 5.10. The molecule has 0 aliphatic rings. The number of carbonyl (C=O) groups excluding carboxylic acids is 1. The van der Waals surface area contributed by atoms with E-state index in [2.05, 4.69) is 5.32 Å². The zero-order valence-corrected chi connectivity index (χ0v) is 8.23. The molecule has 4 N–H and O–H groups in total. The molecule has 13 heavy (non-hydrogen) atoms. The summed E-state index contributed by atoms with van der Waals surface area (Å²) < 4.78 is 0. The van der Waals surface area contributed by atoms with Gasteiger partial charge < -0.3 is 15.8 Å². The van der Waals surface area contributed by atoms with Crippen molar-refractivity contribution in [3.8, 4) is 0 Å². The van der Waals surface area contributed by atoms with E-state index in [1.54, 1.807) is 6.92 Å². The van der Waals surface area contributed by atoms with Crippen LogP contribution in [0, 0.1) is 5.41 Å². The summed E-state index contributed by atoms with van der Waals surface area (Å²) in [5.74, 6) is 0.297. The Kier molecular flexibility index (Phi) is 6.96. The van der Waals surface area contributed by atoms with Gasteiger partial charge in [0.1, 0.15) is 5.78 Å². The highest BCUT2D eigenvalue weighted by Gasteiger charge is 1.94. The van der Waals surface area contributed by atoms with Gasteiger partial charge in [-0.25, -0.2) is 0 Å². The molecule has 76 valence electrons. The number of unbranched alkanes of at least 4 members (excludes halogenated alkanes) is 3. The van der Waals surface area contributed by atoms with Crippen LogP contribution in [0.1, 0.15) is 39.0 Å². The van der Waals surface area contributed by atoms with Gasteiger partial charge in [-0.15, -0.1) is 0 Å². The Morgan fingerprint density at radius 2 is 1.92 bits per heavy atom. The van der Waals surface area contributed by atoms with Crippen LogP contribution in [0.5, 0.6) is 0 Å². The molecule has 0 aliphatic heterocycles. The van der Waals surface area contributed by atoms with Crippen molar-refractivity contribution in [3.63, 3.8) is 0 Å². The third kappa shape index (κ3) is 10.9. The average Bonchev–Trinajstić information content (AvgIpc) is 2.01. The van der Waals surface area contributed by atoms with E-state index in [1.807, 2.05) is 0 Å². The fourth-order valence-electron chi connectivity index (χ4n) is 1.08. The number of carbonyl (C=O) groups is 1. The molecule has 0 saturated carbocycles. The maximum absolute atomic E-state index is 10.6. The van der Waals surface area contributed by atoms with Gasteiger partial charge in [0.15, 0.2) is 5.96 Å². The van der Waals surface area contributed by atoms with E-state index in [4.69, 9.17) is 11.1 Å². The summed E-state index contributed by atoms with van der Waals surface area (Å²) >= 11 is 0. The summed E-state index contributed by atoms with van der Waals surface area (Å²) in [7, 11) is 0. The number of nitrogens with one attached hydrogen (secondary N) is 2. The van der Waals surface area contributed by atoms with Crippen LogP contribution in [0.4, 0.5) is 0 Å². The zero-order valence-electron chi connectivity index (χ0n) is 8.23. The van der Waals surface area contributed by atoms with E-state index < -0.39 is 0 Å². The van der Waals surface area contributed by atoms with Crippen molar-refractivity contribution in [1.82, 2.24) is 5.32 Å². The Balaban J connectivity index is 3.00. The van der Waals surface area contributed by atoms with Crippen molar-refractivity contribution in [2.24, 2.45) is 5.73 Å². The first-order chi connectivity index (χ1) is 6.13. The summed E-state index contributed by atoms with van der Waals surface area (Å²) in [5, 5.41) is 9.63. The van der Waals surface area contributed by atoms with Gasteiger partial charge in [-0.2, -0.15) is 0 Å². The first kappa shape index (κ1) is 11.9. The standard InChI is InChI=1S/C9H19N3O/c1-8(13)6-4-2-3-5-7-12-9(10)11/h2-7H2,1H3,(H4,10,11,12). The molecule has 0 bridgehead atoms. The van der Waals surface area contributed by atoms with Crippen LogP contribution in [-0.2, 0) is 4.79 Å². The number of nitrogens with two attached hydrogens (primary N) is 1. The van der Waals surface area contributed by atoms with Crippen LogP contribution in [0.2, 0.25) is 0 Å². The minimum atomic E-state index is 0.0312. The zero-order chi connectivity index (χ0) is 10.1. The van der Waals surface area contributed by atoms with E-state index in [9.17, 15) is 4.79 Å². The topological polar surface area (TPSA) is 79.0 Å². The van der Waals surface area contributed by atoms with Gasteiger partial charge in [0.05, 0.1) is 0 Å². The van der Waals surface area contributed by atoms with E-state index in [1.165, 1.54) is 0 Å². The number of hydrogen-bond donors (Lipinski definition) is 3. The summed E-state index contributed by atoms with van der Waals surface area (Å²) in [6, 6.07) is 0. The Hall–Kier alpha value is -1.06. The van der Waals surface area contributed by atoms with Crippen LogP contribution in [-0.4, -0.2) is 18.3 Å². The van der Waals surface area contributed by atoms with E-state index in [0.29, 0.717) is 6.42 Å². The fourth-order valence-corrected chi connectivity index (χ4v) is 1.08.